The van der Waals surface area contributed by atoms with E-state index in [-0.39, 0.29) is 5.92 Å². The van der Waals surface area contributed by atoms with Gasteiger partial charge in [0.2, 0.25) is 0 Å². The van der Waals surface area contributed by atoms with Crippen molar-refractivity contribution in [2.24, 2.45) is 11.3 Å². The Hall–Kier alpha value is -0.590. The van der Waals surface area contributed by atoms with E-state index in [9.17, 15) is 10.4 Å². The molecule has 0 aromatic heterocycles. The monoisotopic (exact) mass is 197 g/mol. The fourth-order valence-electron chi connectivity index (χ4n) is 2.23. The second-order valence-corrected chi connectivity index (χ2v) is 4.88. The summed E-state index contributed by atoms with van der Waals surface area (Å²) in [4.78, 5) is 0. The molecule has 1 saturated heterocycles. The molecule has 2 atom stereocenters. The molecule has 14 heavy (non-hydrogen) atoms. The predicted octanol–water partition coefficient (Wildman–Crippen LogP) is 1.71. The average molecular weight is 197 g/mol. The third-order valence-electron chi connectivity index (χ3n) is 3.37. The third kappa shape index (κ3) is 1.43. The Morgan fingerprint density at radius 3 is 2.29 bits per heavy atom. The molecule has 80 valence electrons. The maximum absolute atomic E-state index is 10.1. The van der Waals surface area contributed by atoms with E-state index >= 15 is 0 Å². The summed E-state index contributed by atoms with van der Waals surface area (Å²) in [6.45, 7) is 8.18. The van der Waals surface area contributed by atoms with Crippen LogP contribution in [0.25, 0.3) is 0 Å². The number of rotatable bonds is 2. The second-order valence-electron chi connectivity index (χ2n) is 4.88. The van der Waals surface area contributed by atoms with E-state index in [0.29, 0.717) is 13.0 Å². The highest BCUT2D eigenvalue weighted by Gasteiger charge is 2.56. The van der Waals surface area contributed by atoms with Crippen molar-refractivity contribution in [3.05, 3.63) is 0 Å². The zero-order valence-corrected chi connectivity index (χ0v) is 9.37. The van der Waals surface area contributed by atoms with Crippen LogP contribution in [0.4, 0.5) is 0 Å². The zero-order chi connectivity index (χ0) is 11.0. The second kappa shape index (κ2) is 3.52. The molecule has 1 aliphatic heterocycles. The van der Waals surface area contributed by atoms with Crippen molar-refractivity contribution in [3.8, 4) is 6.07 Å². The maximum atomic E-state index is 10.1. The standard InChI is InChI=1S/C11H19NO2/c1-8(2)9(13)11(7-12)5-6-14-10(11,3)4/h8-9,13H,5-6H2,1-4H3. The van der Waals surface area contributed by atoms with Gasteiger partial charge in [0, 0.05) is 6.61 Å². The maximum Gasteiger partial charge on any atom is 0.114 e. The fourth-order valence-corrected chi connectivity index (χ4v) is 2.23. The Bertz CT molecular complexity index is 255. The Balaban J connectivity index is 3.04. The molecule has 1 N–H and O–H groups in total. The van der Waals surface area contributed by atoms with E-state index in [2.05, 4.69) is 6.07 Å². The lowest BCUT2D eigenvalue weighted by molar-refractivity contribution is -0.0776. The summed E-state index contributed by atoms with van der Waals surface area (Å²) in [6, 6.07) is 2.27. The minimum absolute atomic E-state index is 0.0793. The van der Waals surface area contributed by atoms with Gasteiger partial charge in [-0.05, 0) is 26.2 Å². The van der Waals surface area contributed by atoms with E-state index in [1.54, 1.807) is 0 Å². The van der Waals surface area contributed by atoms with Crippen LogP contribution in [0.3, 0.4) is 0 Å². The van der Waals surface area contributed by atoms with Crippen molar-refractivity contribution in [2.45, 2.75) is 45.8 Å². The van der Waals surface area contributed by atoms with Gasteiger partial charge in [-0.25, -0.2) is 0 Å². The van der Waals surface area contributed by atoms with Crippen molar-refractivity contribution in [1.82, 2.24) is 0 Å². The SMILES string of the molecule is CC(C)C(O)C1(C#N)CCOC1(C)C. The smallest absolute Gasteiger partial charge is 0.114 e. The summed E-state index contributed by atoms with van der Waals surface area (Å²) in [5.74, 6) is 0.0793. The molecule has 0 amide bonds. The minimum Gasteiger partial charge on any atom is -0.391 e. The first-order chi connectivity index (χ1) is 6.37. The van der Waals surface area contributed by atoms with E-state index < -0.39 is 17.1 Å². The van der Waals surface area contributed by atoms with E-state index in [1.807, 2.05) is 27.7 Å². The molecular weight excluding hydrogens is 178 g/mol. The van der Waals surface area contributed by atoms with Crippen molar-refractivity contribution >= 4 is 0 Å². The number of aliphatic hydroxyl groups is 1. The van der Waals surface area contributed by atoms with Crippen LogP contribution in [0.5, 0.6) is 0 Å². The average Bonchev–Trinajstić information content (AvgIpc) is 2.40. The van der Waals surface area contributed by atoms with Gasteiger partial charge in [-0.15, -0.1) is 0 Å². The van der Waals surface area contributed by atoms with E-state index in [1.165, 1.54) is 0 Å². The summed E-state index contributed by atoms with van der Waals surface area (Å²) < 4.78 is 5.54. The van der Waals surface area contributed by atoms with Gasteiger partial charge in [-0.1, -0.05) is 13.8 Å². The molecule has 2 unspecified atom stereocenters. The van der Waals surface area contributed by atoms with Gasteiger partial charge in [0.1, 0.15) is 5.41 Å². The highest BCUT2D eigenvalue weighted by atomic mass is 16.5. The van der Waals surface area contributed by atoms with Gasteiger partial charge < -0.3 is 9.84 Å². The molecule has 0 aromatic rings. The zero-order valence-electron chi connectivity index (χ0n) is 9.37. The van der Waals surface area contributed by atoms with Crippen LogP contribution in [-0.4, -0.2) is 23.4 Å². The van der Waals surface area contributed by atoms with Gasteiger partial charge in [-0.3, -0.25) is 0 Å². The molecule has 3 heteroatoms. The van der Waals surface area contributed by atoms with Crippen molar-refractivity contribution in [1.29, 1.82) is 5.26 Å². The molecule has 1 heterocycles. The minimum atomic E-state index is -0.749. The normalized spacial score (nSPS) is 32.9. The van der Waals surface area contributed by atoms with Crippen LogP contribution in [0.15, 0.2) is 0 Å². The number of nitrogens with zero attached hydrogens (tertiary/aromatic N) is 1. The Morgan fingerprint density at radius 1 is 1.43 bits per heavy atom. The predicted molar refractivity (Wildman–Crippen MR) is 53.5 cm³/mol. The molecule has 3 nitrogen and oxygen atoms in total. The molecule has 1 fully saturated rings. The topological polar surface area (TPSA) is 53.2 Å². The molecule has 0 aliphatic carbocycles. The Morgan fingerprint density at radius 2 is 2.00 bits per heavy atom. The molecule has 1 aliphatic rings. The highest BCUT2D eigenvalue weighted by Crippen LogP contribution is 2.47. The summed E-state index contributed by atoms with van der Waals surface area (Å²) >= 11 is 0. The lowest BCUT2D eigenvalue weighted by Crippen LogP contribution is -2.49. The van der Waals surface area contributed by atoms with Crippen LogP contribution in [0.1, 0.15) is 34.1 Å². The quantitative estimate of drug-likeness (QED) is 0.733. The van der Waals surface area contributed by atoms with Crippen LogP contribution in [0.2, 0.25) is 0 Å². The van der Waals surface area contributed by atoms with Gasteiger partial charge in [-0.2, -0.15) is 5.26 Å². The molecular formula is C11H19NO2. The first-order valence-corrected chi connectivity index (χ1v) is 5.10. The van der Waals surface area contributed by atoms with Crippen LogP contribution in [0, 0.1) is 22.7 Å². The summed E-state index contributed by atoms with van der Waals surface area (Å²) in [6.07, 6.45) is 0.000509. The molecule has 1 rings (SSSR count). The van der Waals surface area contributed by atoms with Crippen molar-refractivity contribution in [3.63, 3.8) is 0 Å². The van der Waals surface area contributed by atoms with Crippen LogP contribution < -0.4 is 0 Å². The Labute approximate surface area is 85.7 Å². The largest absolute Gasteiger partial charge is 0.391 e. The van der Waals surface area contributed by atoms with Crippen molar-refractivity contribution in [2.75, 3.05) is 6.61 Å². The lowest BCUT2D eigenvalue weighted by atomic mass is 9.67. The van der Waals surface area contributed by atoms with E-state index in [4.69, 9.17) is 4.74 Å². The summed E-state index contributed by atoms with van der Waals surface area (Å²) in [5, 5.41) is 19.4. The summed E-state index contributed by atoms with van der Waals surface area (Å²) in [5.41, 5.74) is -1.30. The molecule has 0 spiro atoms. The van der Waals surface area contributed by atoms with Gasteiger partial charge in [0.15, 0.2) is 0 Å². The van der Waals surface area contributed by atoms with Gasteiger partial charge >= 0.3 is 0 Å². The molecule has 0 saturated carbocycles. The van der Waals surface area contributed by atoms with Crippen LogP contribution >= 0.6 is 0 Å². The third-order valence-corrected chi connectivity index (χ3v) is 3.37. The Kier molecular flexibility index (Phi) is 2.89. The lowest BCUT2D eigenvalue weighted by Gasteiger charge is -2.39. The summed E-state index contributed by atoms with van der Waals surface area (Å²) in [7, 11) is 0. The van der Waals surface area contributed by atoms with E-state index in [0.717, 1.165) is 0 Å². The fraction of sp³-hybridized carbons (Fsp3) is 0.909. The highest BCUT2D eigenvalue weighted by molar-refractivity contribution is 5.16. The molecule has 0 aromatic carbocycles. The first kappa shape index (κ1) is 11.5. The van der Waals surface area contributed by atoms with Gasteiger partial charge in [0.25, 0.3) is 0 Å². The number of ether oxygens (including phenoxy) is 1. The number of hydrogen-bond acceptors (Lipinski definition) is 3. The van der Waals surface area contributed by atoms with Crippen molar-refractivity contribution < 1.29 is 9.84 Å². The van der Waals surface area contributed by atoms with Gasteiger partial charge in [0.05, 0.1) is 17.8 Å². The number of aliphatic hydroxyl groups excluding tert-OH is 1. The van der Waals surface area contributed by atoms with Crippen LogP contribution in [-0.2, 0) is 4.74 Å². The number of hydrogen-bond donors (Lipinski definition) is 1. The first-order valence-electron chi connectivity index (χ1n) is 5.10. The molecule has 0 radical (unpaired) electrons. The molecule has 0 bridgehead atoms. The number of nitriles is 1.